The molecule has 0 bridgehead atoms. The van der Waals surface area contributed by atoms with E-state index in [1.165, 1.54) is 57.9 Å². The highest BCUT2D eigenvalue weighted by atomic mass is 16.5. The van der Waals surface area contributed by atoms with Crippen molar-refractivity contribution in [3.63, 3.8) is 0 Å². The summed E-state index contributed by atoms with van der Waals surface area (Å²) >= 11 is 0. The summed E-state index contributed by atoms with van der Waals surface area (Å²) in [4.78, 5) is 2.58. The zero-order valence-corrected chi connectivity index (χ0v) is 15.0. The van der Waals surface area contributed by atoms with Gasteiger partial charge in [-0.2, -0.15) is 0 Å². The summed E-state index contributed by atoms with van der Waals surface area (Å²) in [5.41, 5.74) is 4.80. The third kappa shape index (κ3) is 5.06. The van der Waals surface area contributed by atoms with E-state index in [-0.39, 0.29) is 0 Å². The molecule has 1 aliphatic carbocycles. The second-order valence-corrected chi connectivity index (χ2v) is 7.64. The quantitative estimate of drug-likeness (QED) is 0.590. The van der Waals surface area contributed by atoms with Crippen LogP contribution in [0, 0.1) is 0 Å². The molecule has 0 aromatic heterocycles. The molecule has 0 N–H and O–H groups in total. The summed E-state index contributed by atoms with van der Waals surface area (Å²) in [6, 6.07) is 7.28. The molecule has 0 amide bonds. The van der Waals surface area contributed by atoms with Crippen LogP contribution in [0.3, 0.4) is 0 Å². The number of benzene rings is 1. The van der Waals surface area contributed by atoms with Gasteiger partial charge in [0.15, 0.2) is 0 Å². The summed E-state index contributed by atoms with van der Waals surface area (Å²) in [6.07, 6.45) is 11.4. The number of morpholine rings is 1. The Balaban J connectivity index is 1.43. The van der Waals surface area contributed by atoms with Crippen molar-refractivity contribution in [1.82, 2.24) is 4.90 Å². The van der Waals surface area contributed by atoms with E-state index in [2.05, 4.69) is 36.9 Å². The summed E-state index contributed by atoms with van der Waals surface area (Å²) in [5.74, 6) is 0. The Bertz CT molecular complexity index is 489. The molecule has 1 aromatic rings. The van der Waals surface area contributed by atoms with E-state index in [4.69, 9.17) is 4.74 Å². The number of fused-ring (bicyclic) bond motifs is 1. The smallest absolute Gasteiger partial charge is 0.0678 e. The average Bonchev–Trinajstić information content (AvgIpc) is 2.75. The van der Waals surface area contributed by atoms with Gasteiger partial charge in [-0.1, -0.05) is 24.6 Å². The first-order valence-electron chi connectivity index (χ1n) is 9.69. The molecule has 0 spiro atoms. The number of rotatable bonds is 5. The minimum absolute atomic E-state index is 0.392. The first-order valence-corrected chi connectivity index (χ1v) is 9.69. The lowest BCUT2D eigenvalue weighted by Gasteiger charge is -2.35. The standard InChI is InChI=1S/C21H33NO/c1-17-15-22(16-18(2)23-17)13-7-6-8-19-11-12-20-9-4-3-5-10-21(20)14-19/h11-12,14,17-18H,3-10,13,15-16H2,1-2H3/t17-,18+. The van der Waals surface area contributed by atoms with Gasteiger partial charge in [0.05, 0.1) is 12.2 Å². The molecule has 128 valence electrons. The Morgan fingerprint density at radius 2 is 1.70 bits per heavy atom. The third-order valence-electron chi connectivity index (χ3n) is 5.35. The largest absolute Gasteiger partial charge is 0.373 e. The molecular weight excluding hydrogens is 282 g/mol. The molecule has 2 aliphatic rings. The zero-order valence-electron chi connectivity index (χ0n) is 15.0. The second-order valence-electron chi connectivity index (χ2n) is 7.64. The molecule has 0 saturated carbocycles. The number of ether oxygens (including phenoxy) is 1. The van der Waals surface area contributed by atoms with Gasteiger partial charge >= 0.3 is 0 Å². The highest BCUT2D eigenvalue weighted by molar-refractivity contribution is 5.33. The van der Waals surface area contributed by atoms with Crippen LogP contribution in [0.1, 0.15) is 62.6 Å². The first kappa shape index (κ1) is 17.0. The number of hydrogen-bond acceptors (Lipinski definition) is 2. The van der Waals surface area contributed by atoms with Crippen molar-refractivity contribution in [2.75, 3.05) is 19.6 Å². The van der Waals surface area contributed by atoms with Crippen LogP contribution in [0.25, 0.3) is 0 Å². The van der Waals surface area contributed by atoms with E-state index in [9.17, 15) is 0 Å². The molecule has 2 heteroatoms. The molecule has 1 heterocycles. The van der Waals surface area contributed by atoms with E-state index >= 15 is 0 Å². The van der Waals surface area contributed by atoms with Gasteiger partial charge in [-0.3, -0.25) is 4.90 Å². The van der Waals surface area contributed by atoms with Crippen LogP contribution >= 0.6 is 0 Å². The SMILES string of the molecule is C[C@@H]1CN(CCCCc2ccc3c(c2)CCCCC3)C[C@H](C)O1. The van der Waals surface area contributed by atoms with E-state index < -0.39 is 0 Å². The normalized spacial score (nSPS) is 25.8. The lowest BCUT2D eigenvalue weighted by atomic mass is 9.97. The number of aryl methyl sites for hydroxylation is 3. The minimum atomic E-state index is 0.392. The maximum atomic E-state index is 5.81. The van der Waals surface area contributed by atoms with Gasteiger partial charge in [-0.15, -0.1) is 0 Å². The molecule has 3 rings (SSSR count). The minimum Gasteiger partial charge on any atom is -0.373 e. The molecule has 2 nitrogen and oxygen atoms in total. The van der Waals surface area contributed by atoms with Crippen LogP contribution in [-0.4, -0.2) is 36.7 Å². The van der Waals surface area contributed by atoms with E-state index in [1.807, 2.05) is 0 Å². The van der Waals surface area contributed by atoms with Crippen molar-refractivity contribution in [1.29, 1.82) is 0 Å². The van der Waals surface area contributed by atoms with Crippen molar-refractivity contribution in [2.45, 2.75) is 77.4 Å². The van der Waals surface area contributed by atoms with Crippen LogP contribution in [-0.2, 0) is 24.0 Å². The number of hydrogen-bond donors (Lipinski definition) is 0. The van der Waals surface area contributed by atoms with Crippen molar-refractivity contribution in [2.24, 2.45) is 0 Å². The first-order chi connectivity index (χ1) is 11.2. The predicted molar refractivity (Wildman–Crippen MR) is 97.1 cm³/mol. The van der Waals surface area contributed by atoms with Crippen molar-refractivity contribution < 1.29 is 4.74 Å². The van der Waals surface area contributed by atoms with Gasteiger partial charge in [-0.25, -0.2) is 0 Å². The summed E-state index contributed by atoms with van der Waals surface area (Å²) < 4.78 is 5.81. The van der Waals surface area contributed by atoms with Gasteiger partial charge in [0, 0.05) is 13.1 Å². The van der Waals surface area contributed by atoms with E-state index in [0.29, 0.717) is 12.2 Å². The van der Waals surface area contributed by atoms with E-state index in [1.54, 1.807) is 16.7 Å². The fourth-order valence-electron chi connectivity index (χ4n) is 4.25. The molecule has 1 aliphatic heterocycles. The number of unbranched alkanes of at least 4 members (excludes halogenated alkanes) is 1. The maximum Gasteiger partial charge on any atom is 0.0678 e. The second kappa shape index (κ2) is 8.30. The fourth-order valence-corrected chi connectivity index (χ4v) is 4.25. The molecule has 2 atom stereocenters. The molecule has 1 aromatic carbocycles. The Morgan fingerprint density at radius 3 is 2.48 bits per heavy atom. The van der Waals surface area contributed by atoms with Gasteiger partial charge in [-0.05, 0) is 82.0 Å². The fraction of sp³-hybridized carbons (Fsp3) is 0.714. The van der Waals surface area contributed by atoms with Crippen LogP contribution in [0.15, 0.2) is 18.2 Å². The van der Waals surface area contributed by atoms with Crippen LogP contribution in [0.2, 0.25) is 0 Å². The van der Waals surface area contributed by atoms with Crippen molar-refractivity contribution in [3.8, 4) is 0 Å². The molecule has 0 unspecified atom stereocenters. The lowest BCUT2D eigenvalue weighted by molar-refractivity contribution is -0.0681. The maximum absolute atomic E-state index is 5.81. The third-order valence-corrected chi connectivity index (χ3v) is 5.35. The van der Waals surface area contributed by atoms with Crippen molar-refractivity contribution in [3.05, 3.63) is 34.9 Å². The highest BCUT2D eigenvalue weighted by Gasteiger charge is 2.21. The molecule has 23 heavy (non-hydrogen) atoms. The summed E-state index contributed by atoms with van der Waals surface area (Å²) in [7, 11) is 0. The van der Waals surface area contributed by atoms with Crippen LogP contribution in [0.5, 0.6) is 0 Å². The number of nitrogens with zero attached hydrogens (tertiary/aromatic N) is 1. The van der Waals surface area contributed by atoms with Gasteiger partial charge in [0.2, 0.25) is 0 Å². The molecule has 1 fully saturated rings. The van der Waals surface area contributed by atoms with Crippen LogP contribution in [0.4, 0.5) is 0 Å². The summed E-state index contributed by atoms with van der Waals surface area (Å²) in [6.45, 7) is 7.81. The monoisotopic (exact) mass is 315 g/mol. The predicted octanol–water partition coefficient (Wildman–Crippen LogP) is 4.39. The molecule has 0 radical (unpaired) electrons. The van der Waals surface area contributed by atoms with Gasteiger partial charge in [0.1, 0.15) is 0 Å². The average molecular weight is 316 g/mol. The Kier molecular flexibility index (Phi) is 6.13. The Hall–Kier alpha value is -0.860. The highest BCUT2D eigenvalue weighted by Crippen LogP contribution is 2.22. The Morgan fingerprint density at radius 1 is 0.957 bits per heavy atom. The Labute approximate surface area is 142 Å². The van der Waals surface area contributed by atoms with E-state index in [0.717, 1.165) is 13.1 Å². The molecule has 1 saturated heterocycles. The lowest BCUT2D eigenvalue weighted by Crippen LogP contribution is -2.45. The van der Waals surface area contributed by atoms with Gasteiger partial charge < -0.3 is 4.74 Å². The topological polar surface area (TPSA) is 12.5 Å². The van der Waals surface area contributed by atoms with Crippen LogP contribution < -0.4 is 0 Å². The zero-order chi connectivity index (χ0) is 16.1. The van der Waals surface area contributed by atoms with Crippen molar-refractivity contribution >= 4 is 0 Å². The van der Waals surface area contributed by atoms with Gasteiger partial charge in [0.25, 0.3) is 0 Å². The summed E-state index contributed by atoms with van der Waals surface area (Å²) in [5, 5.41) is 0. The molecular formula is C21H33NO.